The monoisotopic (exact) mass is 416 g/mol. The van der Waals surface area contributed by atoms with Gasteiger partial charge in [0.15, 0.2) is 5.03 Å². The summed E-state index contributed by atoms with van der Waals surface area (Å²) in [7, 11) is -2.10. The lowest BCUT2D eigenvalue weighted by Gasteiger charge is -2.34. The fraction of sp³-hybridized carbons (Fsp3) is 0.316. The molecule has 2 aromatic heterocycles. The van der Waals surface area contributed by atoms with Gasteiger partial charge < -0.3 is 10.3 Å². The van der Waals surface area contributed by atoms with E-state index in [1.165, 1.54) is 29.0 Å². The minimum Gasteiger partial charge on any atom is -0.368 e. The first-order chi connectivity index (χ1) is 13.9. The van der Waals surface area contributed by atoms with E-state index in [9.17, 15) is 12.8 Å². The van der Waals surface area contributed by atoms with Crippen molar-refractivity contribution in [3.05, 3.63) is 54.5 Å². The first-order valence-electron chi connectivity index (χ1n) is 9.24. The van der Waals surface area contributed by atoms with Gasteiger partial charge in [0.2, 0.25) is 5.95 Å². The molecule has 1 fully saturated rings. The number of rotatable bonds is 4. The van der Waals surface area contributed by atoms with Crippen molar-refractivity contribution in [2.75, 3.05) is 12.3 Å². The summed E-state index contributed by atoms with van der Waals surface area (Å²) in [6.45, 7) is 0.357. The smallest absolute Gasteiger partial charge is 0.262 e. The molecule has 0 aliphatic carbocycles. The molecule has 2 N–H and O–H groups in total. The molecule has 8 nitrogen and oxygen atoms in total. The molecule has 1 saturated heterocycles. The maximum Gasteiger partial charge on any atom is 0.262 e. The average Bonchev–Trinajstić information content (AvgIpc) is 3.16. The molecule has 4 rings (SSSR count). The highest BCUT2D eigenvalue weighted by Crippen LogP contribution is 2.38. The fourth-order valence-corrected chi connectivity index (χ4v) is 5.25. The number of hydrogen-bond donors (Lipinski definition) is 1. The van der Waals surface area contributed by atoms with E-state index in [0.29, 0.717) is 29.8 Å². The Morgan fingerprint density at radius 2 is 1.93 bits per heavy atom. The SMILES string of the molecule is Cn1cnc(S(=O)(=O)N2CCCC[C@H]2c2nc(N)ncc2-c2ccc(F)cc2)c1. The third-order valence-corrected chi connectivity index (χ3v) is 6.81. The van der Waals surface area contributed by atoms with Crippen LogP contribution in [0.1, 0.15) is 31.0 Å². The maximum absolute atomic E-state index is 13.4. The van der Waals surface area contributed by atoms with Crippen LogP contribution in [-0.2, 0) is 17.1 Å². The molecule has 0 amide bonds. The van der Waals surface area contributed by atoms with Gasteiger partial charge in [0.25, 0.3) is 10.0 Å². The summed E-state index contributed by atoms with van der Waals surface area (Å²) in [5.74, 6) is -0.296. The predicted molar refractivity (Wildman–Crippen MR) is 106 cm³/mol. The fourth-order valence-electron chi connectivity index (χ4n) is 3.62. The van der Waals surface area contributed by atoms with Gasteiger partial charge in [0, 0.05) is 31.5 Å². The van der Waals surface area contributed by atoms with E-state index in [2.05, 4.69) is 15.0 Å². The van der Waals surface area contributed by atoms with Crippen molar-refractivity contribution in [1.29, 1.82) is 0 Å². The van der Waals surface area contributed by atoms with Gasteiger partial charge in [0.1, 0.15) is 5.82 Å². The van der Waals surface area contributed by atoms with Crippen molar-refractivity contribution in [3.63, 3.8) is 0 Å². The molecule has 3 aromatic rings. The Labute approximate surface area is 168 Å². The van der Waals surface area contributed by atoms with E-state index < -0.39 is 16.1 Å². The largest absolute Gasteiger partial charge is 0.368 e. The minimum absolute atomic E-state index is 0.00254. The highest BCUT2D eigenvalue weighted by molar-refractivity contribution is 7.89. The molecule has 152 valence electrons. The Morgan fingerprint density at radius 1 is 1.17 bits per heavy atom. The second-order valence-electron chi connectivity index (χ2n) is 7.04. The van der Waals surface area contributed by atoms with Crippen LogP contribution in [0.3, 0.4) is 0 Å². The van der Waals surface area contributed by atoms with Crippen LogP contribution in [0.4, 0.5) is 10.3 Å². The molecule has 29 heavy (non-hydrogen) atoms. The van der Waals surface area contributed by atoms with Crippen LogP contribution >= 0.6 is 0 Å². The lowest BCUT2D eigenvalue weighted by Crippen LogP contribution is -2.39. The van der Waals surface area contributed by atoms with Gasteiger partial charge >= 0.3 is 0 Å². The average molecular weight is 416 g/mol. The zero-order valence-corrected chi connectivity index (χ0v) is 16.7. The Balaban J connectivity index is 1.82. The Kier molecular flexibility index (Phi) is 5.05. The van der Waals surface area contributed by atoms with Crippen molar-refractivity contribution in [3.8, 4) is 11.1 Å². The zero-order valence-electron chi connectivity index (χ0n) is 15.9. The summed E-state index contributed by atoms with van der Waals surface area (Å²) in [6.07, 6.45) is 6.69. The third-order valence-electron chi connectivity index (χ3n) is 5.02. The molecular formula is C19H21FN6O2S. The molecule has 0 saturated carbocycles. The molecule has 0 radical (unpaired) electrons. The number of aromatic nitrogens is 4. The molecule has 0 unspecified atom stereocenters. The van der Waals surface area contributed by atoms with Crippen LogP contribution in [0.5, 0.6) is 0 Å². The molecule has 1 aliphatic rings. The van der Waals surface area contributed by atoms with E-state index in [0.717, 1.165) is 12.8 Å². The topological polar surface area (TPSA) is 107 Å². The van der Waals surface area contributed by atoms with E-state index in [-0.39, 0.29) is 16.8 Å². The number of nitrogen functional groups attached to an aromatic ring is 1. The summed E-state index contributed by atoms with van der Waals surface area (Å²) in [5, 5.41) is -0.00254. The second-order valence-corrected chi connectivity index (χ2v) is 8.88. The number of piperidine rings is 1. The summed E-state index contributed by atoms with van der Waals surface area (Å²) in [6, 6.07) is 5.42. The normalized spacial score (nSPS) is 18.1. The van der Waals surface area contributed by atoms with Crippen molar-refractivity contribution in [2.24, 2.45) is 7.05 Å². The van der Waals surface area contributed by atoms with E-state index in [4.69, 9.17) is 5.73 Å². The van der Waals surface area contributed by atoms with Crippen molar-refractivity contribution >= 4 is 16.0 Å². The van der Waals surface area contributed by atoms with Crippen molar-refractivity contribution in [1.82, 2.24) is 23.8 Å². The first-order valence-corrected chi connectivity index (χ1v) is 10.7. The number of hydrogen-bond acceptors (Lipinski definition) is 6. The summed E-state index contributed by atoms with van der Waals surface area (Å²) in [5.41, 5.74) is 7.68. The van der Waals surface area contributed by atoms with Crippen LogP contribution < -0.4 is 5.73 Å². The predicted octanol–water partition coefficient (Wildman–Crippen LogP) is 2.51. The quantitative estimate of drug-likeness (QED) is 0.700. The number of aryl methyl sites for hydroxylation is 1. The summed E-state index contributed by atoms with van der Waals surface area (Å²) < 4.78 is 43.0. The van der Waals surface area contributed by atoms with E-state index in [1.54, 1.807) is 29.9 Å². The lowest BCUT2D eigenvalue weighted by molar-refractivity contribution is 0.251. The molecule has 1 aromatic carbocycles. The zero-order chi connectivity index (χ0) is 20.6. The molecule has 0 bridgehead atoms. The van der Waals surface area contributed by atoms with Crippen molar-refractivity contribution < 1.29 is 12.8 Å². The minimum atomic E-state index is -3.82. The molecule has 3 heterocycles. The standard InChI is InChI=1S/C19H21FN6O2S/c1-25-11-17(23-12-25)29(27,28)26-9-3-2-4-16(26)18-15(10-22-19(21)24-18)13-5-7-14(20)8-6-13/h5-8,10-12,16H,2-4,9H2,1H3,(H2,21,22,24)/t16-/m0/s1. The lowest BCUT2D eigenvalue weighted by atomic mass is 9.95. The Morgan fingerprint density at radius 3 is 2.62 bits per heavy atom. The van der Waals surface area contributed by atoms with Gasteiger partial charge in [-0.05, 0) is 30.5 Å². The van der Waals surface area contributed by atoms with Gasteiger partial charge in [0.05, 0.1) is 18.1 Å². The number of sulfonamides is 1. The number of halogens is 1. The summed E-state index contributed by atoms with van der Waals surface area (Å²) >= 11 is 0. The third kappa shape index (κ3) is 3.73. The molecule has 1 atom stereocenters. The second kappa shape index (κ2) is 7.53. The van der Waals surface area contributed by atoms with Crippen LogP contribution in [-0.4, -0.2) is 38.8 Å². The summed E-state index contributed by atoms with van der Waals surface area (Å²) in [4.78, 5) is 12.5. The van der Waals surface area contributed by atoms with Gasteiger partial charge in [-0.2, -0.15) is 4.31 Å². The van der Waals surface area contributed by atoms with Gasteiger partial charge in [-0.25, -0.2) is 27.8 Å². The number of benzene rings is 1. The Bertz CT molecular complexity index is 1130. The van der Waals surface area contributed by atoms with Gasteiger partial charge in [-0.15, -0.1) is 0 Å². The number of nitrogens with two attached hydrogens (primary N) is 1. The Hall–Kier alpha value is -2.85. The number of imidazole rings is 1. The van der Waals surface area contributed by atoms with Crippen LogP contribution in [0.2, 0.25) is 0 Å². The van der Waals surface area contributed by atoms with E-state index >= 15 is 0 Å². The van der Waals surface area contributed by atoms with Gasteiger partial charge in [-0.3, -0.25) is 0 Å². The molecule has 1 aliphatic heterocycles. The number of nitrogens with zero attached hydrogens (tertiary/aromatic N) is 5. The van der Waals surface area contributed by atoms with Crippen LogP contribution in [0, 0.1) is 5.82 Å². The molecular weight excluding hydrogens is 395 g/mol. The van der Waals surface area contributed by atoms with Gasteiger partial charge in [-0.1, -0.05) is 18.6 Å². The molecule has 10 heteroatoms. The van der Waals surface area contributed by atoms with E-state index in [1.807, 2.05) is 0 Å². The van der Waals surface area contributed by atoms with Crippen LogP contribution in [0.15, 0.2) is 48.0 Å². The highest BCUT2D eigenvalue weighted by atomic mass is 32.2. The molecule has 0 spiro atoms. The van der Waals surface area contributed by atoms with Crippen molar-refractivity contribution in [2.45, 2.75) is 30.3 Å². The maximum atomic E-state index is 13.4. The highest BCUT2D eigenvalue weighted by Gasteiger charge is 2.37. The first kappa shape index (κ1) is 19.5. The van der Waals surface area contributed by atoms with Crippen LogP contribution in [0.25, 0.3) is 11.1 Å². The number of anilines is 1.